The van der Waals surface area contributed by atoms with Gasteiger partial charge in [-0.1, -0.05) is 212 Å². The Morgan fingerprint density at radius 1 is 0.319 bits per heavy atom. The van der Waals surface area contributed by atoms with Crippen molar-refractivity contribution in [2.45, 2.75) is 5.41 Å². The molecule has 0 radical (unpaired) electrons. The van der Waals surface area contributed by atoms with Crippen LogP contribution in [-0.2, 0) is 5.41 Å². The van der Waals surface area contributed by atoms with Gasteiger partial charge < -0.3 is 9.32 Å². The van der Waals surface area contributed by atoms with Crippen LogP contribution in [0.4, 0.5) is 17.1 Å². The van der Waals surface area contributed by atoms with E-state index in [-0.39, 0.29) is 0 Å². The van der Waals surface area contributed by atoms with E-state index in [2.05, 4.69) is 266 Å². The predicted molar refractivity (Wildman–Crippen MR) is 289 cm³/mol. The van der Waals surface area contributed by atoms with E-state index in [1.807, 2.05) is 0 Å². The summed E-state index contributed by atoms with van der Waals surface area (Å²) in [5.74, 6) is 0. The van der Waals surface area contributed by atoms with Crippen molar-refractivity contribution >= 4 is 71.3 Å². The van der Waals surface area contributed by atoms with Crippen molar-refractivity contribution in [1.82, 2.24) is 0 Å². The summed E-state index contributed by atoms with van der Waals surface area (Å²) in [6.07, 6.45) is 0. The van der Waals surface area contributed by atoms with Crippen LogP contribution in [0, 0.1) is 0 Å². The van der Waals surface area contributed by atoms with Crippen molar-refractivity contribution in [1.29, 1.82) is 0 Å². The molecule has 69 heavy (non-hydrogen) atoms. The highest BCUT2D eigenvalue weighted by Gasteiger charge is 2.47. The highest BCUT2D eigenvalue weighted by molar-refractivity contribution is 6.17. The van der Waals surface area contributed by atoms with Crippen LogP contribution < -0.4 is 4.90 Å². The smallest absolute Gasteiger partial charge is 0.136 e. The average molecular weight is 878 g/mol. The molecule has 0 saturated heterocycles. The van der Waals surface area contributed by atoms with Crippen LogP contribution in [0.3, 0.4) is 0 Å². The topological polar surface area (TPSA) is 16.4 Å². The Kier molecular flexibility index (Phi) is 8.84. The van der Waals surface area contributed by atoms with E-state index in [1.54, 1.807) is 0 Å². The average Bonchev–Trinajstić information content (AvgIpc) is 3.94. The quantitative estimate of drug-likeness (QED) is 0.148. The maximum Gasteiger partial charge on any atom is 0.136 e. The van der Waals surface area contributed by atoms with Crippen LogP contribution in [0.15, 0.2) is 265 Å². The van der Waals surface area contributed by atoms with Gasteiger partial charge in [-0.25, -0.2) is 0 Å². The summed E-state index contributed by atoms with van der Waals surface area (Å²) >= 11 is 0. The normalized spacial score (nSPS) is 12.8. The molecule has 1 heterocycles. The summed E-state index contributed by atoms with van der Waals surface area (Å²) in [7, 11) is 0. The lowest BCUT2D eigenvalue weighted by molar-refractivity contribution is 0.669. The van der Waals surface area contributed by atoms with E-state index in [0.717, 1.165) is 55.5 Å². The highest BCUT2D eigenvalue weighted by Crippen LogP contribution is 2.60. The standard InChI is InChI=1S/C67H43NO/c1-3-22-48(23-4-1)67(49-24-5-2-6-25-49)59-32-15-13-30-56(59)66-60(67)33-18-35-62(66)68(50-39-37-44(38-40-50)57-42-47-21-9-10-26-51(47)52-27-11-12-28-53(52)57)61-34-16-14-29-54(61)55-31-17-36-63-65(55)58-41-45-19-7-8-20-46(45)43-64(58)69-63/h1-43H. The Hall–Kier alpha value is -8.98. The summed E-state index contributed by atoms with van der Waals surface area (Å²) in [5, 5.41) is 9.59. The molecule has 12 aromatic carbocycles. The van der Waals surface area contributed by atoms with Gasteiger partial charge in [0.2, 0.25) is 0 Å². The molecule has 0 fully saturated rings. The molecule has 0 N–H and O–H groups in total. The number of fused-ring (bicyclic) bond motifs is 10. The maximum atomic E-state index is 6.70. The molecule has 0 atom stereocenters. The van der Waals surface area contributed by atoms with Crippen LogP contribution in [-0.4, -0.2) is 0 Å². The molecular formula is C67H43NO. The highest BCUT2D eigenvalue weighted by atomic mass is 16.3. The third-order valence-corrected chi connectivity index (χ3v) is 14.7. The van der Waals surface area contributed by atoms with Crippen LogP contribution in [0.2, 0.25) is 0 Å². The van der Waals surface area contributed by atoms with Crippen LogP contribution in [0.1, 0.15) is 22.3 Å². The summed E-state index contributed by atoms with van der Waals surface area (Å²) < 4.78 is 6.70. The van der Waals surface area contributed by atoms with E-state index in [4.69, 9.17) is 4.42 Å². The predicted octanol–water partition coefficient (Wildman–Crippen LogP) is 18.2. The minimum absolute atomic E-state index is 0.555. The second kappa shape index (κ2) is 15.6. The molecule has 2 nitrogen and oxygen atoms in total. The van der Waals surface area contributed by atoms with Gasteiger partial charge in [0.15, 0.2) is 0 Å². The second-order valence-electron chi connectivity index (χ2n) is 18.3. The van der Waals surface area contributed by atoms with Gasteiger partial charge in [-0.15, -0.1) is 0 Å². The Morgan fingerprint density at radius 3 is 1.65 bits per heavy atom. The SMILES string of the molecule is c1ccc(C2(c3ccccc3)c3ccccc3-c3c(N(c4ccc(-c5cc6ccccc6c6ccccc56)cc4)c4ccccc4-c4cccc5oc6cc7ccccc7cc6c45)cccc32)cc1. The van der Waals surface area contributed by atoms with Crippen molar-refractivity contribution in [3.05, 3.63) is 283 Å². The van der Waals surface area contributed by atoms with E-state index in [1.165, 1.54) is 71.4 Å². The van der Waals surface area contributed by atoms with E-state index in [9.17, 15) is 0 Å². The molecule has 322 valence electrons. The summed E-state index contributed by atoms with van der Waals surface area (Å²) in [6, 6.07) is 95.7. The second-order valence-corrected chi connectivity index (χ2v) is 18.3. The van der Waals surface area contributed by atoms with Crippen molar-refractivity contribution < 1.29 is 4.42 Å². The zero-order valence-electron chi connectivity index (χ0n) is 37.7. The van der Waals surface area contributed by atoms with Crippen LogP contribution in [0.25, 0.3) is 87.6 Å². The van der Waals surface area contributed by atoms with Crippen molar-refractivity contribution in [2.75, 3.05) is 4.90 Å². The molecular weight excluding hydrogens is 835 g/mol. The number of hydrogen-bond donors (Lipinski definition) is 0. The summed E-state index contributed by atoms with van der Waals surface area (Å²) in [4.78, 5) is 2.51. The van der Waals surface area contributed by atoms with E-state index < -0.39 is 5.41 Å². The number of rotatable bonds is 7. The first-order valence-corrected chi connectivity index (χ1v) is 23.8. The molecule has 0 unspecified atom stereocenters. The number of hydrogen-bond acceptors (Lipinski definition) is 2. The van der Waals surface area contributed by atoms with Gasteiger partial charge >= 0.3 is 0 Å². The molecule has 13 aromatic rings. The molecule has 2 heteroatoms. The lowest BCUT2D eigenvalue weighted by Gasteiger charge is -2.34. The van der Waals surface area contributed by atoms with Gasteiger partial charge in [-0.05, 0) is 125 Å². The fraction of sp³-hybridized carbons (Fsp3) is 0.0149. The molecule has 1 aliphatic carbocycles. The first-order valence-electron chi connectivity index (χ1n) is 23.8. The Morgan fingerprint density at radius 2 is 0.884 bits per heavy atom. The number of benzene rings is 12. The third kappa shape index (κ3) is 5.92. The van der Waals surface area contributed by atoms with Crippen molar-refractivity contribution in [3.63, 3.8) is 0 Å². The number of anilines is 3. The summed E-state index contributed by atoms with van der Waals surface area (Å²) in [6.45, 7) is 0. The third-order valence-electron chi connectivity index (χ3n) is 14.7. The monoisotopic (exact) mass is 877 g/mol. The molecule has 0 amide bonds. The van der Waals surface area contributed by atoms with Crippen molar-refractivity contribution in [2.24, 2.45) is 0 Å². The molecule has 0 spiro atoms. The van der Waals surface area contributed by atoms with E-state index in [0.29, 0.717) is 0 Å². The first-order chi connectivity index (χ1) is 34.2. The van der Waals surface area contributed by atoms with Gasteiger partial charge in [0.05, 0.1) is 16.8 Å². The molecule has 1 aliphatic rings. The van der Waals surface area contributed by atoms with Gasteiger partial charge in [0.25, 0.3) is 0 Å². The number of para-hydroxylation sites is 1. The molecule has 0 saturated carbocycles. The van der Waals surface area contributed by atoms with Crippen molar-refractivity contribution in [3.8, 4) is 33.4 Å². The molecule has 0 aliphatic heterocycles. The molecule has 1 aromatic heterocycles. The van der Waals surface area contributed by atoms with Crippen LogP contribution in [0.5, 0.6) is 0 Å². The zero-order chi connectivity index (χ0) is 45.5. The van der Waals surface area contributed by atoms with E-state index >= 15 is 0 Å². The Bertz CT molecular complexity index is 4090. The van der Waals surface area contributed by atoms with Gasteiger partial charge in [-0.2, -0.15) is 0 Å². The first kappa shape index (κ1) is 39.2. The van der Waals surface area contributed by atoms with Gasteiger partial charge in [0.1, 0.15) is 11.2 Å². The fourth-order valence-electron chi connectivity index (χ4n) is 11.8. The number of nitrogens with zero attached hydrogens (tertiary/aromatic N) is 1. The maximum absolute atomic E-state index is 6.70. The zero-order valence-corrected chi connectivity index (χ0v) is 37.7. The minimum Gasteiger partial charge on any atom is -0.456 e. The minimum atomic E-state index is -0.555. The fourth-order valence-corrected chi connectivity index (χ4v) is 11.8. The summed E-state index contributed by atoms with van der Waals surface area (Å²) in [5.41, 5.74) is 16.6. The van der Waals surface area contributed by atoms with Gasteiger partial charge in [0, 0.05) is 27.6 Å². The number of furan rings is 1. The van der Waals surface area contributed by atoms with Gasteiger partial charge in [-0.3, -0.25) is 0 Å². The Labute approximate surface area is 400 Å². The lowest BCUT2D eigenvalue weighted by Crippen LogP contribution is -2.28. The largest absolute Gasteiger partial charge is 0.456 e. The lowest BCUT2D eigenvalue weighted by atomic mass is 9.68. The molecule has 14 rings (SSSR count). The molecule has 0 bridgehead atoms. The van der Waals surface area contributed by atoms with Crippen LogP contribution >= 0.6 is 0 Å². The Balaban J connectivity index is 1.04.